The molecule has 0 unspecified atom stereocenters. The van der Waals surface area contributed by atoms with Crippen LogP contribution in [0.25, 0.3) is 22.3 Å². The molecular formula is C28H37FN4O3. The number of carbonyl (C=O) groups excluding carboxylic acids is 2. The van der Waals surface area contributed by atoms with Crippen molar-refractivity contribution in [2.75, 3.05) is 31.3 Å². The summed E-state index contributed by atoms with van der Waals surface area (Å²) >= 11 is 0. The van der Waals surface area contributed by atoms with E-state index in [1.54, 1.807) is 19.4 Å². The standard InChI is InChI=1S/C25H30FN3O.C2H4O.CH3NO/c1-17-13-22(26)23(28-12-10-25(2,3)30-5)16-21(17)20-8-6-7-18(14-20)19-9-11-29-24(15-19)27-4;1-2-3;2-1-3/h6-9,11,13-16,28H,10,12H2,1-5H3,(H,27,29);2H,1H3;1H,(H2,2,3). The molecule has 4 N–H and O–H groups in total. The lowest BCUT2D eigenvalue weighted by Crippen LogP contribution is -2.25. The lowest BCUT2D eigenvalue weighted by atomic mass is 9.96. The Kier molecular flexibility index (Phi) is 12.8. The molecule has 0 fully saturated rings. The second-order valence-electron chi connectivity index (χ2n) is 8.42. The molecule has 3 aromatic rings. The van der Waals surface area contributed by atoms with E-state index in [2.05, 4.69) is 39.6 Å². The maximum atomic E-state index is 14.6. The molecule has 0 saturated carbocycles. The molecule has 0 aliphatic heterocycles. The zero-order valence-electron chi connectivity index (χ0n) is 21.9. The van der Waals surface area contributed by atoms with E-state index in [0.717, 1.165) is 46.3 Å². The van der Waals surface area contributed by atoms with Gasteiger partial charge in [-0.2, -0.15) is 0 Å². The monoisotopic (exact) mass is 496 g/mol. The first-order chi connectivity index (χ1) is 17.2. The molecule has 1 aromatic heterocycles. The predicted octanol–water partition coefficient (Wildman–Crippen LogP) is 5.44. The van der Waals surface area contributed by atoms with Crippen molar-refractivity contribution in [2.45, 2.75) is 39.7 Å². The maximum Gasteiger partial charge on any atom is 0.204 e. The van der Waals surface area contributed by atoms with Crippen LogP contribution in [-0.4, -0.2) is 44.0 Å². The van der Waals surface area contributed by atoms with Crippen molar-refractivity contribution in [1.82, 2.24) is 4.98 Å². The first-order valence-electron chi connectivity index (χ1n) is 11.5. The number of hydrogen-bond acceptors (Lipinski definition) is 6. The molecule has 3 rings (SSSR count). The molecular weight excluding hydrogens is 459 g/mol. The van der Waals surface area contributed by atoms with Crippen LogP contribution in [0.1, 0.15) is 32.8 Å². The van der Waals surface area contributed by atoms with Crippen LogP contribution in [0.15, 0.2) is 54.7 Å². The molecule has 7 nitrogen and oxygen atoms in total. The van der Waals surface area contributed by atoms with Gasteiger partial charge in [0.25, 0.3) is 0 Å². The van der Waals surface area contributed by atoms with Crippen LogP contribution in [0.2, 0.25) is 0 Å². The normalized spacial score (nSPS) is 10.2. The minimum atomic E-state index is -0.248. The average molecular weight is 497 g/mol. The molecule has 1 amide bonds. The highest BCUT2D eigenvalue weighted by Crippen LogP contribution is 2.32. The number of nitrogens with one attached hydrogen (secondary N) is 2. The van der Waals surface area contributed by atoms with Gasteiger partial charge in [-0.05, 0) is 92.3 Å². The number of aldehydes is 1. The third-order valence-electron chi connectivity index (χ3n) is 5.43. The molecule has 8 heteroatoms. The second kappa shape index (κ2) is 15.3. The number of nitrogens with zero attached hydrogens (tertiary/aromatic N) is 1. The fraction of sp³-hybridized carbons (Fsp3) is 0.321. The number of methoxy groups -OCH3 is 1. The number of rotatable bonds is 8. The number of nitrogens with two attached hydrogens (primary N) is 1. The zero-order chi connectivity index (χ0) is 27.1. The molecule has 0 aliphatic rings. The van der Waals surface area contributed by atoms with Crippen molar-refractivity contribution in [3.63, 3.8) is 0 Å². The molecule has 36 heavy (non-hydrogen) atoms. The van der Waals surface area contributed by atoms with E-state index in [4.69, 9.17) is 14.3 Å². The molecule has 2 aromatic carbocycles. The number of carbonyl (C=O) groups is 2. The zero-order valence-corrected chi connectivity index (χ0v) is 21.9. The van der Waals surface area contributed by atoms with Crippen LogP contribution in [0.5, 0.6) is 0 Å². The highest BCUT2D eigenvalue weighted by molar-refractivity contribution is 5.77. The Hall–Kier alpha value is -3.78. The fourth-order valence-electron chi connectivity index (χ4n) is 3.33. The van der Waals surface area contributed by atoms with Gasteiger partial charge in [0.15, 0.2) is 0 Å². The predicted molar refractivity (Wildman–Crippen MR) is 146 cm³/mol. The number of hydrogen-bond donors (Lipinski definition) is 3. The number of amides is 1. The van der Waals surface area contributed by atoms with Crippen molar-refractivity contribution in [1.29, 1.82) is 0 Å². The van der Waals surface area contributed by atoms with Gasteiger partial charge in [-0.3, -0.25) is 4.79 Å². The summed E-state index contributed by atoms with van der Waals surface area (Å²) in [4.78, 5) is 21.7. The van der Waals surface area contributed by atoms with E-state index in [0.29, 0.717) is 12.2 Å². The van der Waals surface area contributed by atoms with Crippen LogP contribution >= 0.6 is 0 Å². The van der Waals surface area contributed by atoms with Crippen molar-refractivity contribution in [2.24, 2.45) is 5.73 Å². The molecule has 0 aliphatic carbocycles. The highest BCUT2D eigenvalue weighted by atomic mass is 19.1. The quantitative estimate of drug-likeness (QED) is 0.359. The lowest BCUT2D eigenvalue weighted by Gasteiger charge is -2.23. The van der Waals surface area contributed by atoms with E-state index >= 15 is 0 Å². The molecule has 0 radical (unpaired) electrons. The molecule has 0 atom stereocenters. The minimum Gasteiger partial charge on any atom is -0.383 e. The van der Waals surface area contributed by atoms with Gasteiger partial charge in [0.1, 0.15) is 17.9 Å². The number of benzene rings is 2. The summed E-state index contributed by atoms with van der Waals surface area (Å²) in [5, 5.41) is 6.30. The molecule has 194 valence electrons. The van der Waals surface area contributed by atoms with Crippen molar-refractivity contribution in [3.05, 3.63) is 66.1 Å². The Morgan fingerprint density at radius 3 is 2.31 bits per heavy atom. The van der Waals surface area contributed by atoms with Crippen molar-refractivity contribution in [3.8, 4) is 22.3 Å². The molecule has 0 saturated heterocycles. The number of primary amides is 1. The summed E-state index contributed by atoms with van der Waals surface area (Å²) in [5.41, 5.74) is 9.56. The Morgan fingerprint density at radius 1 is 1.08 bits per heavy atom. The summed E-state index contributed by atoms with van der Waals surface area (Å²) < 4.78 is 20.0. The molecule has 1 heterocycles. The third-order valence-corrected chi connectivity index (χ3v) is 5.43. The summed E-state index contributed by atoms with van der Waals surface area (Å²) in [6, 6.07) is 15.8. The van der Waals surface area contributed by atoms with Crippen LogP contribution in [-0.2, 0) is 14.3 Å². The third kappa shape index (κ3) is 9.46. The summed E-state index contributed by atoms with van der Waals surface area (Å²) in [7, 11) is 3.55. The van der Waals surface area contributed by atoms with Crippen LogP contribution < -0.4 is 16.4 Å². The van der Waals surface area contributed by atoms with Crippen molar-refractivity contribution < 1.29 is 18.7 Å². The lowest BCUT2D eigenvalue weighted by molar-refractivity contribution is -0.107. The fourth-order valence-corrected chi connectivity index (χ4v) is 3.33. The second-order valence-corrected chi connectivity index (χ2v) is 8.42. The van der Waals surface area contributed by atoms with Crippen LogP contribution in [0.3, 0.4) is 0 Å². The molecule has 0 bridgehead atoms. The van der Waals surface area contributed by atoms with Gasteiger partial charge in [0.2, 0.25) is 6.41 Å². The van der Waals surface area contributed by atoms with Gasteiger partial charge < -0.3 is 25.9 Å². The maximum absolute atomic E-state index is 14.6. The summed E-state index contributed by atoms with van der Waals surface area (Å²) in [5.74, 6) is 0.580. The Labute approximate surface area is 213 Å². The molecule has 0 spiro atoms. The van der Waals surface area contributed by atoms with E-state index in [-0.39, 0.29) is 17.8 Å². The highest BCUT2D eigenvalue weighted by Gasteiger charge is 2.16. The minimum absolute atomic E-state index is 0.240. The van der Waals surface area contributed by atoms with Gasteiger partial charge in [-0.1, -0.05) is 18.2 Å². The number of aromatic nitrogens is 1. The van der Waals surface area contributed by atoms with Gasteiger partial charge in [-0.15, -0.1) is 0 Å². The first kappa shape index (κ1) is 30.3. The first-order valence-corrected chi connectivity index (χ1v) is 11.5. The van der Waals surface area contributed by atoms with Crippen molar-refractivity contribution >= 4 is 24.2 Å². The van der Waals surface area contributed by atoms with E-state index in [9.17, 15) is 4.39 Å². The van der Waals surface area contributed by atoms with E-state index < -0.39 is 0 Å². The van der Waals surface area contributed by atoms with E-state index in [1.165, 1.54) is 6.92 Å². The van der Waals surface area contributed by atoms with Gasteiger partial charge in [-0.25, -0.2) is 9.37 Å². The Morgan fingerprint density at radius 2 is 1.69 bits per heavy atom. The van der Waals surface area contributed by atoms with Gasteiger partial charge >= 0.3 is 0 Å². The number of halogens is 1. The van der Waals surface area contributed by atoms with Crippen LogP contribution in [0.4, 0.5) is 15.9 Å². The number of anilines is 2. The average Bonchev–Trinajstić information content (AvgIpc) is 2.86. The largest absolute Gasteiger partial charge is 0.383 e. The number of aryl methyl sites for hydroxylation is 1. The van der Waals surface area contributed by atoms with Gasteiger partial charge in [0, 0.05) is 26.9 Å². The summed E-state index contributed by atoms with van der Waals surface area (Å²) in [6.45, 7) is 8.06. The Balaban J connectivity index is 0.000000982. The SMILES string of the molecule is CC=O.CNc1cc(-c2cccc(-c3cc(NCCC(C)(C)OC)c(F)cc3C)c2)ccn1.NC=O. The summed E-state index contributed by atoms with van der Waals surface area (Å²) in [6.07, 6.45) is 3.57. The smallest absolute Gasteiger partial charge is 0.204 e. The number of pyridine rings is 1. The number of ether oxygens (including phenoxy) is 1. The van der Waals surface area contributed by atoms with Crippen LogP contribution in [0, 0.1) is 12.7 Å². The van der Waals surface area contributed by atoms with Gasteiger partial charge in [0.05, 0.1) is 11.3 Å². The topological polar surface area (TPSA) is 106 Å². The Bertz CT molecular complexity index is 1110. The van der Waals surface area contributed by atoms with E-state index in [1.807, 2.05) is 52.1 Å².